The van der Waals surface area contributed by atoms with Crippen molar-refractivity contribution >= 4 is 69.5 Å². The normalized spacial score (nSPS) is 20.0. The molecule has 2 aliphatic heterocycles. The first kappa shape index (κ1) is 53.2. The van der Waals surface area contributed by atoms with Crippen LogP contribution in [0.25, 0.3) is 0 Å². The Morgan fingerprint density at radius 3 is 2.22 bits per heavy atom. The number of nitrogens with zero attached hydrogens (tertiary/aromatic N) is 3. The third-order valence-electron chi connectivity index (χ3n) is 9.74. The number of urea groups is 1. The minimum absolute atomic E-state index is 0.00941. The van der Waals surface area contributed by atoms with E-state index >= 15 is 0 Å². The van der Waals surface area contributed by atoms with E-state index in [4.69, 9.17) is 47.4 Å². The summed E-state index contributed by atoms with van der Waals surface area (Å²) in [5, 5.41) is 8.03. The van der Waals surface area contributed by atoms with Gasteiger partial charge in [0, 0.05) is 43.9 Å². The van der Waals surface area contributed by atoms with Gasteiger partial charge in [0.1, 0.15) is 36.4 Å². The number of carbonyl (C=O) groups is 7. The molecule has 5 rings (SSSR count). The lowest BCUT2D eigenvalue weighted by Crippen LogP contribution is -2.64. The number of ether oxygens (including phenoxy) is 10. The highest BCUT2D eigenvalue weighted by Crippen LogP contribution is 2.34. The van der Waals surface area contributed by atoms with Gasteiger partial charge in [-0.1, -0.05) is 22.0 Å². The molecule has 0 bridgehead atoms. The van der Waals surface area contributed by atoms with Gasteiger partial charge in [0.25, 0.3) is 0 Å². The number of nitrogens with one attached hydrogen (secondary N) is 3. The molecule has 0 saturated carbocycles. The van der Waals surface area contributed by atoms with E-state index < -0.39 is 84.5 Å². The molecule has 1 aromatic heterocycles. The standard InChI is InChI=1S/C45H55BrN6O17/c1-23-14-34(32(16-31(23)46)50-42(57)51-35-19-47-24(2)17-48-35)62-22-30-20-52(12-13-61-30)44(59)63-21-28-10-11-33(29(15-28)18-49-43(58)69-45(6,7)8)67-41-39(66-27(5)55)37(65-26(4)54)36(64-25(3)53)38(68-41)40(56)60-9/h10-11,14-17,19,30,36-39,41H,12-13,18,20-22H2,1-9H3,(H,49,58)(H2,48,50,51,57)/t30-,36-,37-,38-,39+,41+/m0/s1. The maximum atomic E-state index is 13.5. The van der Waals surface area contributed by atoms with E-state index in [1.807, 2.05) is 6.92 Å². The summed E-state index contributed by atoms with van der Waals surface area (Å²) in [4.78, 5) is 98.8. The second kappa shape index (κ2) is 24.0. The Balaban J connectivity index is 1.30. The molecule has 4 amide bonds. The second-order valence-electron chi connectivity index (χ2n) is 16.6. The molecule has 23 nitrogen and oxygen atoms in total. The number of hydrogen-bond acceptors (Lipinski definition) is 19. The van der Waals surface area contributed by atoms with Crippen molar-refractivity contribution in [3.05, 3.63) is 69.6 Å². The highest BCUT2D eigenvalue weighted by Gasteiger charge is 2.56. The van der Waals surface area contributed by atoms with Gasteiger partial charge in [0.15, 0.2) is 24.1 Å². The van der Waals surface area contributed by atoms with Crippen molar-refractivity contribution in [2.24, 2.45) is 0 Å². The zero-order valence-corrected chi connectivity index (χ0v) is 41.0. The van der Waals surface area contributed by atoms with Crippen molar-refractivity contribution in [3.63, 3.8) is 0 Å². The second-order valence-corrected chi connectivity index (χ2v) is 17.5. The summed E-state index contributed by atoms with van der Waals surface area (Å²) >= 11 is 3.49. The van der Waals surface area contributed by atoms with Gasteiger partial charge in [-0.15, -0.1) is 0 Å². The van der Waals surface area contributed by atoms with Gasteiger partial charge in [0.05, 0.1) is 44.0 Å². The van der Waals surface area contributed by atoms with E-state index in [1.54, 1.807) is 52.0 Å². The van der Waals surface area contributed by atoms with Crippen LogP contribution in [-0.4, -0.2) is 133 Å². The molecule has 0 aliphatic carbocycles. The number of alkyl carbamates (subject to hydrolysis) is 1. The molecule has 69 heavy (non-hydrogen) atoms. The average molecular weight is 1030 g/mol. The van der Waals surface area contributed by atoms with E-state index in [-0.39, 0.29) is 56.6 Å². The van der Waals surface area contributed by atoms with E-state index in [0.717, 1.165) is 37.9 Å². The minimum Gasteiger partial charge on any atom is -0.489 e. The van der Waals surface area contributed by atoms with E-state index in [2.05, 4.69) is 41.8 Å². The number of hydrogen-bond donors (Lipinski definition) is 3. The third-order valence-corrected chi connectivity index (χ3v) is 10.6. The van der Waals surface area contributed by atoms with Crippen LogP contribution in [0.3, 0.4) is 0 Å². The molecule has 24 heteroatoms. The fourth-order valence-electron chi connectivity index (χ4n) is 6.76. The number of esters is 4. The molecule has 0 spiro atoms. The fourth-order valence-corrected chi connectivity index (χ4v) is 7.10. The van der Waals surface area contributed by atoms with Crippen LogP contribution < -0.4 is 25.4 Å². The molecule has 0 unspecified atom stereocenters. The Hall–Kier alpha value is -6.79. The third kappa shape index (κ3) is 15.9. The van der Waals surface area contributed by atoms with Crippen molar-refractivity contribution in [1.82, 2.24) is 20.2 Å². The van der Waals surface area contributed by atoms with Crippen molar-refractivity contribution in [2.75, 3.05) is 44.0 Å². The van der Waals surface area contributed by atoms with Gasteiger partial charge >= 0.3 is 42.1 Å². The molecule has 6 atom stereocenters. The highest BCUT2D eigenvalue weighted by atomic mass is 79.9. The molecule has 3 N–H and O–H groups in total. The number of aromatic nitrogens is 2. The predicted molar refractivity (Wildman–Crippen MR) is 243 cm³/mol. The molecule has 2 aliphatic rings. The number of rotatable bonds is 15. The molecule has 2 fully saturated rings. The number of carbonyl (C=O) groups excluding carboxylic acids is 7. The SMILES string of the molecule is COC(=O)[C@H]1O[C@@H](Oc2ccc(COC(=O)N3CCO[C@H](COc4cc(C)c(Br)cc4NC(=O)Nc4cnc(C)cn4)C3)cc2CNC(=O)OC(C)(C)C)[C@H](OC(C)=O)[C@@H](OC(C)=O)[C@@H]1OC(C)=O. The van der Waals surface area contributed by atoms with Crippen molar-refractivity contribution in [1.29, 1.82) is 0 Å². The molecule has 3 heterocycles. The summed E-state index contributed by atoms with van der Waals surface area (Å²) in [5.41, 5.74) is 1.74. The van der Waals surface area contributed by atoms with Gasteiger partial charge in [-0.2, -0.15) is 0 Å². The maximum Gasteiger partial charge on any atom is 0.410 e. The van der Waals surface area contributed by atoms with E-state index in [1.165, 1.54) is 23.4 Å². The molecule has 2 saturated heterocycles. The summed E-state index contributed by atoms with van der Waals surface area (Å²) in [5.74, 6) is -3.04. The largest absolute Gasteiger partial charge is 0.489 e. The lowest BCUT2D eigenvalue weighted by molar-refractivity contribution is -0.282. The number of amides is 4. The first-order valence-electron chi connectivity index (χ1n) is 21.4. The smallest absolute Gasteiger partial charge is 0.410 e. The van der Waals surface area contributed by atoms with Crippen molar-refractivity contribution in [2.45, 2.75) is 111 Å². The van der Waals surface area contributed by atoms with E-state index in [0.29, 0.717) is 22.7 Å². The summed E-state index contributed by atoms with van der Waals surface area (Å²) in [7, 11) is 1.05. The van der Waals surface area contributed by atoms with Crippen molar-refractivity contribution in [3.8, 4) is 11.5 Å². The quantitative estimate of drug-likeness (QED) is 0.133. The Labute approximate surface area is 405 Å². The number of morpholine rings is 1. The zero-order chi connectivity index (χ0) is 50.6. The molecule has 3 aromatic rings. The van der Waals surface area contributed by atoms with Gasteiger partial charge in [0.2, 0.25) is 12.4 Å². The van der Waals surface area contributed by atoms with Gasteiger partial charge in [-0.25, -0.2) is 24.2 Å². The zero-order valence-electron chi connectivity index (χ0n) is 39.4. The predicted octanol–water partition coefficient (Wildman–Crippen LogP) is 5.01. The Morgan fingerprint density at radius 2 is 1.57 bits per heavy atom. The lowest BCUT2D eigenvalue weighted by atomic mass is 9.97. The van der Waals surface area contributed by atoms with Gasteiger partial charge in [-0.05, 0) is 70.0 Å². The first-order chi connectivity index (χ1) is 32.6. The average Bonchev–Trinajstić information content (AvgIpc) is 3.27. The van der Waals surface area contributed by atoms with Gasteiger partial charge < -0.3 is 62.9 Å². The first-order valence-corrected chi connectivity index (χ1v) is 22.2. The van der Waals surface area contributed by atoms with Crippen LogP contribution in [0.5, 0.6) is 11.5 Å². The Kier molecular flexibility index (Phi) is 18.5. The summed E-state index contributed by atoms with van der Waals surface area (Å²) in [6, 6.07) is 7.42. The maximum absolute atomic E-state index is 13.5. The molecular formula is C45H55BrN6O17. The minimum atomic E-state index is -1.73. The van der Waals surface area contributed by atoms with Gasteiger partial charge in [-0.3, -0.25) is 24.7 Å². The summed E-state index contributed by atoms with van der Waals surface area (Å²) in [6.07, 6.45) is -7.37. The monoisotopic (exact) mass is 1030 g/mol. The molecule has 2 aromatic carbocycles. The molecular weight excluding hydrogens is 976 g/mol. The fraction of sp³-hybridized carbons (Fsp3) is 0.489. The van der Waals surface area contributed by atoms with Crippen LogP contribution in [-0.2, 0) is 70.2 Å². The number of benzene rings is 2. The number of methoxy groups -OCH3 is 1. The number of anilines is 2. The lowest BCUT2D eigenvalue weighted by Gasteiger charge is -2.43. The Morgan fingerprint density at radius 1 is 0.870 bits per heavy atom. The number of halogens is 1. The topological polar surface area (TPSA) is 277 Å². The van der Waals surface area contributed by atoms with Crippen LogP contribution in [0.15, 0.2) is 47.2 Å². The Bertz CT molecular complexity index is 2360. The number of aryl methyl sites for hydroxylation is 2. The van der Waals surface area contributed by atoms with E-state index in [9.17, 15) is 33.6 Å². The van der Waals surface area contributed by atoms with Crippen LogP contribution in [0, 0.1) is 13.8 Å². The molecule has 374 valence electrons. The summed E-state index contributed by atoms with van der Waals surface area (Å²) < 4.78 is 57.2. The van der Waals surface area contributed by atoms with Crippen LogP contribution >= 0.6 is 15.9 Å². The summed E-state index contributed by atoms with van der Waals surface area (Å²) in [6.45, 7) is 11.9. The van der Waals surface area contributed by atoms with Crippen LogP contribution in [0.2, 0.25) is 0 Å². The van der Waals surface area contributed by atoms with Crippen molar-refractivity contribution < 1.29 is 80.9 Å². The highest BCUT2D eigenvalue weighted by molar-refractivity contribution is 9.10. The van der Waals surface area contributed by atoms with Crippen LogP contribution in [0.1, 0.15) is 63.9 Å². The molecule has 0 radical (unpaired) electrons. The van der Waals surface area contributed by atoms with Crippen LogP contribution in [0.4, 0.5) is 25.9 Å².